The highest BCUT2D eigenvalue weighted by Crippen LogP contribution is 2.12. The van der Waals surface area contributed by atoms with Gasteiger partial charge in [-0.2, -0.15) is 0 Å². The van der Waals surface area contributed by atoms with Crippen LogP contribution in [0.3, 0.4) is 0 Å². The third-order valence-electron chi connectivity index (χ3n) is 2.22. The van der Waals surface area contributed by atoms with E-state index in [1.807, 2.05) is 6.07 Å². The minimum absolute atomic E-state index is 0.505. The van der Waals surface area contributed by atoms with Gasteiger partial charge in [-0.3, -0.25) is 0 Å². The van der Waals surface area contributed by atoms with E-state index >= 15 is 0 Å². The highest BCUT2D eigenvalue weighted by Gasteiger charge is 1.94. The Morgan fingerprint density at radius 1 is 1.20 bits per heavy atom. The van der Waals surface area contributed by atoms with Gasteiger partial charge in [-0.15, -0.1) is 0 Å². The molecule has 1 rings (SSSR count). The minimum atomic E-state index is 0.505. The van der Waals surface area contributed by atoms with Crippen LogP contribution >= 0.6 is 11.6 Å². The summed E-state index contributed by atoms with van der Waals surface area (Å²) in [6, 6.07) is 3.59. The number of hydrogen-bond acceptors (Lipinski definition) is 2. The normalized spacial score (nSPS) is 10.3. The largest absolute Gasteiger partial charge is 0.492 e. The Kier molecular flexibility index (Phi) is 6.17. The molecular formula is C12H18ClNO. The smallest absolute Gasteiger partial charge is 0.137 e. The molecule has 0 saturated carbocycles. The van der Waals surface area contributed by atoms with Gasteiger partial charge >= 0.3 is 0 Å². The van der Waals surface area contributed by atoms with E-state index in [0.717, 1.165) is 18.8 Å². The molecule has 15 heavy (non-hydrogen) atoms. The van der Waals surface area contributed by atoms with E-state index in [0.29, 0.717) is 5.15 Å². The Balaban J connectivity index is 2.07. The molecule has 0 N–H and O–H groups in total. The van der Waals surface area contributed by atoms with Crippen molar-refractivity contribution in [2.24, 2.45) is 0 Å². The summed E-state index contributed by atoms with van der Waals surface area (Å²) >= 11 is 5.66. The van der Waals surface area contributed by atoms with Crippen molar-refractivity contribution in [2.75, 3.05) is 6.61 Å². The van der Waals surface area contributed by atoms with E-state index in [-0.39, 0.29) is 0 Å². The summed E-state index contributed by atoms with van der Waals surface area (Å²) in [7, 11) is 0. The summed E-state index contributed by atoms with van der Waals surface area (Å²) in [5, 5.41) is 0.505. The van der Waals surface area contributed by atoms with Crippen molar-refractivity contribution >= 4 is 11.6 Å². The fourth-order valence-corrected chi connectivity index (χ4v) is 1.46. The van der Waals surface area contributed by atoms with Crippen LogP contribution in [-0.4, -0.2) is 11.6 Å². The van der Waals surface area contributed by atoms with Gasteiger partial charge in [0.2, 0.25) is 0 Å². The van der Waals surface area contributed by atoms with Crippen LogP contribution in [-0.2, 0) is 0 Å². The molecule has 0 spiro atoms. The van der Waals surface area contributed by atoms with Gasteiger partial charge in [-0.1, -0.05) is 44.2 Å². The zero-order valence-electron chi connectivity index (χ0n) is 9.21. The molecular weight excluding hydrogens is 210 g/mol. The fourth-order valence-electron chi connectivity index (χ4n) is 1.34. The molecule has 0 aromatic carbocycles. The van der Waals surface area contributed by atoms with E-state index in [9.17, 15) is 0 Å². The second kappa shape index (κ2) is 7.52. The lowest BCUT2D eigenvalue weighted by molar-refractivity contribution is 0.303. The van der Waals surface area contributed by atoms with E-state index in [4.69, 9.17) is 16.3 Å². The summed E-state index contributed by atoms with van der Waals surface area (Å²) in [6.07, 6.45) is 7.93. The first-order valence-electron chi connectivity index (χ1n) is 5.57. The molecule has 1 aromatic heterocycles. The summed E-state index contributed by atoms with van der Waals surface area (Å²) in [5.41, 5.74) is 0. The van der Waals surface area contributed by atoms with Crippen molar-refractivity contribution in [1.29, 1.82) is 0 Å². The minimum Gasteiger partial charge on any atom is -0.492 e. The second-order valence-corrected chi connectivity index (χ2v) is 3.97. The number of rotatable bonds is 7. The molecule has 0 unspecified atom stereocenters. The number of halogens is 1. The maximum atomic E-state index is 5.66. The van der Waals surface area contributed by atoms with Crippen LogP contribution in [0.2, 0.25) is 5.15 Å². The predicted molar refractivity (Wildman–Crippen MR) is 63.5 cm³/mol. The van der Waals surface area contributed by atoms with Gasteiger partial charge in [0.15, 0.2) is 0 Å². The highest BCUT2D eigenvalue weighted by atomic mass is 35.5. The number of hydrogen-bond donors (Lipinski definition) is 0. The van der Waals surface area contributed by atoms with Gasteiger partial charge in [0, 0.05) is 0 Å². The summed E-state index contributed by atoms with van der Waals surface area (Å²) in [5.74, 6) is 0.801. The third kappa shape index (κ3) is 5.63. The van der Waals surface area contributed by atoms with Crippen molar-refractivity contribution in [3.63, 3.8) is 0 Å². The lowest BCUT2D eigenvalue weighted by Gasteiger charge is -2.05. The first kappa shape index (κ1) is 12.3. The van der Waals surface area contributed by atoms with Crippen LogP contribution in [0.4, 0.5) is 0 Å². The summed E-state index contributed by atoms with van der Waals surface area (Å²) < 4.78 is 5.52. The first-order valence-corrected chi connectivity index (χ1v) is 5.95. The van der Waals surface area contributed by atoms with Crippen molar-refractivity contribution in [3.8, 4) is 5.75 Å². The summed E-state index contributed by atoms with van der Waals surface area (Å²) in [4.78, 5) is 3.95. The fraction of sp³-hybridized carbons (Fsp3) is 0.583. The van der Waals surface area contributed by atoms with Crippen LogP contribution < -0.4 is 4.74 Å². The molecule has 0 aliphatic carbocycles. The molecule has 0 bridgehead atoms. The molecule has 0 aliphatic heterocycles. The van der Waals surface area contributed by atoms with E-state index in [1.54, 1.807) is 12.3 Å². The van der Waals surface area contributed by atoms with Gasteiger partial charge in [-0.05, 0) is 18.6 Å². The lowest BCUT2D eigenvalue weighted by atomic mass is 10.2. The molecule has 0 fully saturated rings. The Bertz CT molecular complexity index is 261. The average Bonchev–Trinajstić information content (AvgIpc) is 2.26. The molecule has 3 heteroatoms. The summed E-state index contributed by atoms with van der Waals surface area (Å²) in [6.45, 7) is 2.99. The molecule has 1 aromatic rings. The maximum Gasteiger partial charge on any atom is 0.137 e. The maximum absolute atomic E-state index is 5.66. The molecule has 0 atom stereocenters. The molecule has 0 saturated heterocycles. The number of pyridine rings is 1. The Morgan fingerprint density at radius 3 is 2.67 bits per heavy atom. The van der Waals surface area contributed by atoms with Gasteiger partial charge in [0.1, 0.15) is 10.9 Å². The van der Waals surface area contributed by atoms with Crippen molar-refractivity contribution in [2.45, 2.75) is 39.0 Å². The Labute approximate surface area is 96.6 Å². The van der Waals surface area contributed by atoms with E-state index < -0.39 is 0 Å². The Hall–Kier alpha value is -0.760. The average molecular weight is 228 g/mol. The molecule has 0 amide bonds. The topological polar surface area (TPSA) is 22.1 Å². The van der Waals surface area contributed by atoms with Crippen molar-refractivity contribution in [3.05, 3.63) is 23.5 Å². The van der Waals surface area contributed by atoms with Crippen LogP contribution in [0.15, 0.2) is 18.3 Å². The number of nitrogens with zero attached hydrogens (tertiary/aromatic N) is 1. The van der Waals surface area contributed by atoms with Gasteiger partial charge in [-0.25, -0.2) is 4.98 Å². The monoisotopic (exact) mass is 227 g/mol. The van der Waals surface area contributed by atoms with Gasteiger partial charge in [0.25, 0.3) is 0 Å². The van der Waals surface area contributed by atoms with Crippen molar-refractivity contribution < 1.29 is 4.74 Å². The highest BCUT2D eigenvalue weighted by molar-refractivity contribution is 6.29. The van der Waals surface area contributed by atoms with Crippen LogP contribution in [0, 0.1) is 0 Å². The molecule has 0 aliphatic rings. The van der Waals surface area contributed by atoms with E-state index in [2.05, 4.69) is 11.9 Å². The molecule has 84 valence electrons. The van der Waals surface area contributed by atoms with Crippen LogP contribution in [0.25, 0.3) is 0 Å². The predicted octanol–water partition coefficient (Wildman–Crippen LogP) is 4.08. The number of aromatic nitrogens is 1. The standard InChI is InChI=1S/C12H18ClNO/c1-2-3-4-5-6-9-15-11-7-8-12(13)14-10-11/h7-8,10H,2-6,9H2,1H3. The first-order chi connectivity index (χ1) is 7.33. The third-order valence-corrected chi connectivity index (χ3v) is 2.44. The number of unbranched alkanes of at least 4 members (excludes halogenated alkanes) is 4. The number of ether oxygens (including phenoxy) is 1. The molecule has 0 radical (unpaired) electrons. The lowest BCUT2D eigenvalue weighted by Crippen LogP contribution is -1.97. The van der Waals surface area contributed by atoms with Crippen LogP contribution in [0.5, 0.6) is 5.75 Å². The molecule has 1 heterocycles. The zero-order chi connectivity index (χ0) is 10.9. The SMILES string of the molecule is CCCCCCCOc1ccc(Cl)nc1. The Morgan fingerprint density at radius 2 is 2.00 bits per heavy atom. The van der Waals surface area contributed by atoms with Crippen LogP contribution in [0.1, 0.15) is 39.0 Å². The molecule has 2 nitrogen and oxygen atoms in total. The van der Waals surface area contributed by atoms with Gasteiger partial charge in [0.05, 0.1) is 12.8 Å². The second-order valence-electron chi connectivity index (χ2n) is 3.58. The van der Waals surface area contributed by atoms with Gasteiger partial charge < -0.3 is 4.74 Å². The van der Waals surface area contributed by atoms with Crippen molar-refractivity contribution in [1.82, 2.24) is 4.98 Å². The zero-order valence-corrected chi connectivity index (χ0v) is 9.96. The van der Waals surface area contributed by atoms with E-state index in [1.165, 1.54) is 25.7 Å². The quantitative estimate of drug-likeness (QED) is 0.517.